The molecule has 0 saturated heterocycles. The van der Waals surface area contributed by atoms with Crippen molar-refractivity contribution < 1.29 is 14.5 Å². The molecular weight excluding hydrogens is 444 g/mol. The molecule has 2 N–H and O–H groups in total. The van der Waals surface area contributed by atoms with Crippen LogP contribution in [0.4, 0.5) is 11.4 Å². The second-order valence-electron chi connectivity index (χ2n) is 7.24. The summed E-state index contributed by atoms with van der Waals surface area (Å²) in [6.07, 6.45) is 0. The zero-order valence-corrected chi connectivity index (χ0v) is 19.3. The molecule has 11 heteroatoms. The van der Waals surface area contributed by atoms with Crippen LogP contribution in [-0.4, -0.2) is 37.3 Å². The Kier molecular flexibility index (Phi) is 7.78. The molecule has 10 nitrogen and oxygen atoms in total. The fraction of sp³-hybridized carbons (Fsp3) is 0.273. The molecular formula is C22H24N6O4S. The van der Waals surface area contributed by atoms with Gasteiger partial charge in [0.15, 0.2) is 11.0 Å². The highest BCUT2D eigenvalue weighted by Crippen LogP contribution is 2.24. The molecule has 0 aliphatic heterocycles. The van der Waals surface area contributed by atoms with E-state index in [0.717, 1.165) is 0 Å². The van der Waals surface area contributed by atoms with E-state index in [9.17, 15) is 19.7 Å². The molecule has 0 saturated carbocycles. The second kappa shape index (κ2) is 10.7. The summed E-state index contributed by atoms with van der Waals surface area (Å²) in [7, 11) is 0. The van der Waals surface area contributed by atoms with E-state index in [1.165, 1.54) is 17.8 Å². The third-order valence-electron chi connectivity index (χ3n) is 4.85. The van der Waals surface area contributed by atoms with Gasteiger partial charge in [0.1, 0.15) is 0 Å². The number of nitro benzene ring substituents is 1. The molecule has 0 fully saturated rings. The number of amides is 2. The standard InChI is InChI=1S/C22H24N6O4S/c1-4-27-20(15(3)23-21(30)16-8-6-5-7-9-16)25-26-22(27)33-13-19(29)24-17-11-10-14(2)18(12-17)28(31)32/h5-12,15H,4,13H2,1-3H3,(H,23,30)(H,24,29)/t15-/m0/s1. The van der Waals surface area contributed by atoms with Crippen molar-refractivity contribution in [1.82, 2.24) is 20.1 Å². The number of rotatable bonds is 9. The van der Waals surface area contributed by atoms with Crippen LogP contribution in [0.1, 0.15) is 41.6 Å². The van der Waals surface area contributed by atoms with Crippen LogP contribution >= 0.6 is 11.8 Å². The minimum Gasteiger partial charge on any atom is -0.342 e. The Hall–Kier alpha value is -3.73. The monoisotopic (exact) mass is 468 g/mol. The Balaban J connectivity index is 1.63. The van der Waals surface area contributed by atoms with E-state index in [0.29, 0.717) is 34.3 Å². The zero-order valence-electron chi connectivity index (χ0n) is 18.4. The van der Waals surface area contributed by atoms with Gasteiger partial charge >= 0.3 is 0 Å². The molecule has 3 aromatic rings. The summed E-state index contributed by atoms with van der Waals surface area (Å²) in [6.45, 7) is 5.94. The first-order valence-corrected chi connectivity index (χ1v) is 11.3. The van der Waals surface area contributed by atoms with Crippen LogP contribution in [0.15, 0.2) is 53.7 Å². The number of nitrogens with one attached hydrogen (secondary N) is 2. The summed E-state index contributed by atoms with van der Waals surface area (Å²) in [6, 6.07) is 13.0. The van der Waals surface area contributed by atoms with Gasteiger partial charge in [-0.15, -0.1) is 10.2 Å². The van der Waals surface area contributed by atoms with Crippen molar-refractivity contribution in [2.45, 2.75) is 38.5 Å². The Morgan fingerprint density at radius 2 is 1.91 bits per heavy atom. The van der Waals surface area contributed by atoms with Gasteiger partial charge in [-0.1, -0.05) is 36.0 Å². The van der Waals surface area contributed by atoms with E-state index in [1.807, 2.05) is 24.5 Å². The maximum absolute atomic E-state index is 12.4. The second-order valence-corrected chi connectivity index (χ2v) is 8.18. The molecule has 2 amide bonds. The van der Waals surface area contributed by atoms with E-state index in [2.05, 4.69) is 20.8 Å². The maximum Gasteiger partial charge on any atom is 0.274 e. The Bertz CT molecular complexity index is 1160. The average molecular weight is 469 g/mol. The number of carbonyl (C=O) groups is 2. The number of aryl methyl sites for hydroxylation is 1. The number of thioether (sulfide) groups is 1. The molecule has 0 aliphatic carbocycles. The van der Waals surface area contributed by atoms with Crippen LogP contribution in [0.3, 0.4) is 0 Å². The van der Waals surface area contributed by atoms with Gasteiger partial charge in [0.2, 0.25) is 5.91 Å². The molecule has 0 bridgehead atoms. The van der Waals surface area contributed by atoms with Gasteiger partial charge in [0, 0.05) is 29.4 Å². The number of aromatic nitrogens is 3. The summed E-state index contributed by atoms with van der Waals surface area (Å²) in [5, 5.41) is 25.6. The van der Waals surface area contributed by atoms with Crippen LogP contribution in [0, 0.1) is 17.0 Å². The minimum atomic E-state index is -0.483. The van der Waals surface area contributed by atoms with Crippen molar-refractivity contribution in [3.05, 3.63) is 75.6 Å². The van der Waals surface area contributed by atoms with Crippen molar-refractivity contribution in [2.24, 2.45) is 0 Å². The number of nitro groups is 1. The number of hydrogen-bond acceptors (Lipinski definition) is 7. The molecule has 2 aromatic carbocycles. The first-order chi connectivity index (χ1) is 15.8. The Labute approximate surface area is 194 Å². The van der Waals surface area contributed by atoms with Gasteiger partial charge in [-0.2, -0.15) is 0 Å². The van der Waals surface area contributed by atoms with Crippen LogP contribution in [0.2, 0.25) is 0 Å². The summed E-state index contributed by atoms with van der Waals surface area (Å²) in [5.74, 6) is 0.0917. The smallest absolute Gasteiger partial charge is 0.274 e. The van der Waals surface area contributed by atoms with Crippen LogP contribution in [0.25, 0.3) is 0 Å². The lowest BCUT2D eigenvalue weighted by atomic mass is 10.2. The average Bonchev–Trinajstić information content (AvgIpc) is 3.22. The van der Waals surface area contributed by atoms with Crippen molar-refractivity contribution in [3.8, 4) is 0 Å². The van der Waals surface area contributed by atoms with E-state index in [4.69, 9.17) is 0 Å². The van der Waals surface area contributed by atoms with Crippen molar-refractivity contribution >= 4 is 35.0 Å². The third-order valence-corrected chi connectivity index (χ3v) is 5.82. The summed E-state index contributed by atoms with van der Waals surface area (Å²) in [5.41, 5.74) is 1.37. The van der Waals surface area contributed by atoms with Crippen LogP contribution in [-0.2, 0) is 11.3 Å². The van der Waals surface area contributed by atoms with Crippen LogP contribution in [0.5, 0.6) is 0 Å². The van der Waals surface area contributed by atoms with Gasteiger partial charge in [-0.3, -0.25) is 19.7 Å². The number of anilines is 1. The first kappa shape index (κ1) is 23.9. The number of nitrogens with zero attached hydrogens (tertiary/aromatic N) is 4. The van der Waals surface area contributed by atoms with Gasteiger partial charge in [0.05, 0.1) is 16.7 Å². The zero-order chi connectivity index (χ0) is 24.0. The largest absolute Gasteiger partial charge is 0.342 e. The predicted octanol–water partition coefficient (Wildman–Crippen LogP) is 3.74. The predicted molar refractivity (Wildman–Crippen MR) is 125 cm³/mol. The fourth-order valence-electron chi connectivity index (χ4n) is 3.17. The van der Waals surface area contributed by atoms with Crippen molar-refractivity contribution in [3.63, 3.8) is 0 Å². The van der Waals surface area contributed by atoms with Gasteiger partial charge in [-0.25, -0.2) is 0 Å². The third kappa shape index (κ3) is 5.95. The van der Waals surface area contributed by atoms with Gasteiger partial charge in [-0.05, 0) is 39.0 Å². The Morgan fingerprint density at radius 3 is 2.58 bits per heavy atom. The van der Waals surface area contributed by atoms with Gasteiger partial charge < -0.3 is 15.2 Å². The molecule has 172 valence electrons. The highest BCUT2D eigenvalue weighted by molar-refractivity contribution is 7.99. The highest BCUT2D eigenvalue weighted by Gasteiger charge is 2.20. The van der Waals surface area contributed by atoms with Crippen molar-refractivity contribution in [2.75, 3.05) is 11.1 Å². The molecule has 33 heavy (non-hydrogen) atoms. The lowest BCUT2D eigenvalue weighted by Gasteiger charge is -2.15. The Morgan fingerprint density at radius 1 is 1.18 bits per heavy atom. The number of benzene rings is 2. The molecule has 1 heterocycles. The van der Waals surface area contributed by atoms with E-state index >= 15 is 0 Å². The van der Waals surface area contributed by atoms with E-state index in [1.54, 1.807) is 43.3 Å². The molecule has 0 unspecified atom stereocenters. The van der Waals surface area contributed by atoms with E-state index in [-0.39, 0.29) is 29.3 Å². The summed E-state index contributed by atoms with van der Waals surface area (Å²) >= 11 is 1.20. The van der Waals surface area contributed by atoms with Crippen LogP contribution < -0.4 is 10.6 Å². The molecule has 1 aromatic heterocycles. The molecule has 0 radical (unpaired) electrons. The quantitative estimate of drug-likeness (QED) is 0.278. The molecule has 1 atom stereocenters. The lowest BCUT2D eigenvalue weighted by molar-refractivity contribution is -0.385. The molecule has 3 rings (SSSR count). The number of carbonyl (C=O) groups excluding carboxylic acids is 2. The van der Waals surface area contributed by atoms with Gasteiger partial charge in [0.25, 0.3) is 11.6 Å². The highest BCUT2D eigenvalue weighted by atomic mass is 32.2. The summed E-state index contributed by atoms with van der Waals surface area (Å²) < 4.78 is 1.84. The first-order valence-electron chi connectivity index (χ1n) is 10.3. The lowest BCUT2D eigenvalue weighted by Crippen LogP contribution is -2.28. The van der Waals surface area contributed by atoms with Crippen molar-refractivity contribution in [1.29, 1.82) is 0 Å². The maximum atomic E-state index is 12.4. The van der Waals surface area contributed by atoms with E-state index < -0.39 is 4.92 Å². The SMILES string of the molecule is CCn1c(SCC(=O)Nc2ccc(C)c([N+](=O)[O-])c2)nnc1[C@H](C)NC(=O)c1ccccc1. The molecule has 0 spiro atoms. The minimum absolute atomic E-state index is 0.0462. The number of hydrogen-bond donors (Lipinski definition) is 2. The summed E-state index contributed by atoms with van der Waals surface area (Å²) in [4.78, 5) is 35.4. The normalized spacial score (nSPS) is 11.6. The fourth-order valence-corrected chi connectivity index (χ4v) is 3.98. The topological polar surface area (TPSA) is 132 Å². The molecule has 0 aliphatic rings.